The number of likely N-dealkylation sites (N-methyl/N-ethyl adjacent to an activating group) is 1. The fourth-order valence-electron chi connectivity index (χ4n) is 9.79. The molecule has 0 amide bonds. The van der Waals surface area contributed by atoms with E-state index in [-0.39, 0.29) is 30.8 Å². The van der Waals surface area contributed by atoms with E-state index >= 15 is 0 Å². The first-order valence-electron chi connectivity index (χ1n) is 22.1. The number of nitrogens with zero attached hydrogens (tertiary/aromatic N) is 2. The molecule has 0 aromatic rings. The summed E-state index contributed by atoms with van der Waals surface area (Å²) in [4.78, 5) is 32.0. The zero-order chi connectivity index (χ0) is 43.7. The Kier molecular flexibility index (Phi) is 19.5. The summed E-state index contributed by atoms with van der Waals surface area (Å²) in [5, 5.41) is 45.1. The topological polar surface area (TPSA) is 177 Å². The number of rotatable bonds is 11. The van der Waals surface area contributed by atoms with Crippen molar-refractivity contribution in [3.05, 3.63) is 23.8 Å². The molecule has 59 heavy (non-hydrogen) atoms. The van der Waals surface area contributed by atoms with Crippen molar-refractivity contribution in [2.75, 3.05) is 47.4 Å². The van der Waals surface area contributed by atoms with Gasteiger partial charge in [0.2, 0.25) is 0 Å². The lowest BCUT2D eigenvalue weighted by molar-refractivity contribution is -0.304. The number of hydrogen-bond donors (Lipinski definition) is 4. The summed E-state index contributed by atoms with van der Waals surface area (Å²) >= 11 is 0. The van der Waals surface area contributed by atoms with Gasteiger partial charge in [-0.15, -0.1) is 0 Å². The van der Waals surface area contributed by atoms with Crippen molar-refractivity contribution in [3.63, 3.8) is 0 Å². The molecule has 340 valence electrons. The molecule has 14 nitrogen and oxygen atoms in total. The van der Waals surface area contributed by atoms with E-state index in [2.05, 4.69) is 18.7 Å². The van der Waals surface area contributed by atoms with Gasteiger partial charge in [-0.05, 0) is 90.9 Å². The molecule has 0 aromatic carbocycles. The van der Waals surface area contributed by atoms with Gasteiger partial charge in [-0.1, -0.05) is 52.3 Å². The lowest BCUT2D eigenvalue weighted by atomic mass is 9.79. The highest BCUT2D eigenvalue weighted by molar-refractivity contribution is 5.91. The van der Waals surface area contributed by atoms with Crippen LogP contribution in [0.5, 0.6) is 0 Å². The first kappa shape index (κ1) is 49.8. The maximum absolute atomic E-state index is 13.9. The van der Waals surface area contributed by atoms with Crippen molar-refractivity contribution in [1.29, 1.82) is 0 Å². The third-order valence-electron chi connectivity index (χ3n) is 13.0. The van der Waals surface area contributed by atoms with Crippen LogP contribution in [-0.4, -0.2) is 163 Å². The van der Waals surface area contributed by atoms with Crippen LogP contribution >= 0.6 is 0 Å². The summed E-state index contributed by atoms with van der Waals surface area (Å²) in [7, 11) is 5.06. The number of aliphatic hydroxyl groups is 4. The van der Waals surface area contributed by atoms with Crippen LogP contribution in [0.3, 0.4) is 0 Å². The molecule has 3 fully saturated rings. The van der Waals surface area contributed by atoms with Gasteiger partial charge in [-0.2, -0.15) is 0 Å². The number of hydrogen-bond acceptors (Lipinski definition) is 14. The molecule has 4 aliphatic heterocycles. The lowest BCUT2D eigenvalue weighted by Gasteiger charge is -2.47. The number of piperidine rings is 1. The van der Waals surface area contributed by atoms with Gasteiger partial charge >= 0.3 is 5.97 Å². The van der Waals surface area contributed by atoms with Crippen LogP contribution in [0, 0.1) is 35.5 Å². The van der Waals surface area contributed by atoms with Crippen molar-refractivity contribution in [2.45, 2.75) is 167 Å². The zero-order valence-electron chi connectivity index (χ0n) is 37.6. The minimum Gasteiger partial charge on any atom is -0.462 e. The third-order valence-corrected chi connectivity index (χ3v) is 13.0. The number of allylic oxidation sites excluding steroid dienone is 3. The number of ketones is 1. The second kappa shape index (κ2) is 23.0. The SMILES string of the molecule is CC[C@H]1OC(=O)C[C@@H](O)[C@H](C)[C@@H](O[C@@H]2O[C@H](C)[C@@H](O)[C@H](N(C)C)[C@H]2O)[C@@H](CCN2C[C@H](C)C[C@H](C)C2)C[C@@H](C)C(=O)/C=C/C(C)=C/[C@@H]1CO[C@@H]1O[C@H](C)C[C@@H](O)[C@H]1OC. The Morgan fingerprint density at radius 3 is 2.17 bits per heavy atom. The standard InChI is InChI=1S/C45H78N2O12/c1-12-37-33(24-55-45-43(54-11)36(50)20-29(6)56-45)18-25(2)13-14-34(48)28(5)19-32(15-16-47-22-26(3)17-27(4)23-47)42(30(7)35(49)21-38(51)58-37)59-44-41(53)39(46(9)10)40(52)31(8)57-44/h13-14,18,26-33,35-37,39-45,49-50,52-53H,12,15-17,19-24H2,1-11H3/b14-13+,25-18+/t26-,27+,28-,29-,30+,31-,32+,33-,35-,36-,37-,39+,40-,41-,42-,43-,44+,45-/m1/s1. The third kappa shape index (κ3) is 13.8. The number of aliphatic hydroxyl groups excluding tert-OH is 4. The average molecular weight is 839 g/mol. The van der Waals surface area contributed by atoms with Crippen LogP contribution in [-0.2, 0) is 38.0 Å². The van der Waals surface area contributed by atoms with Crippen LogP contribution in [0.15, 0.2) is 23.8 Å². The zero-order valence-corrected chi connectivity index (χ0v) is 37.6. The molecular formula is C45H78N2O12. The molecule has 4 aliphatic rings. The molecule has 0 aliphatic carbocycles. The maximum Gasteiger partial charge on any atom is 0.308 e. The molecule has 0 unspecified atom stereocenters. The number of ether oxygens (including phenoxy) is 6. The van der Waals surface area contributed by atoms with Crippen molar-refractivity contribution in [3.8, 4) is 0 Å². The highest BCUT2D eigenvalue weighted by Gasteiger charge is 2.47. The van der Waals surface area contributed by atoms with Crippen LogP contribution in [0.25, 0.3) is 0 Å². The fraction of sp³-hybridized carbons (Fsp3) is 0.867. The Bertz CT molecular complexity index is 1370. The van der Waals surface area contributed by atoms with Gasteiger partial charge in [0.05, 0.1) is 55.7 Å². The minimum absolute atomic E-state index is 0.0619. The van der Waals surface area contributed by atoms with Gasteiger partial charge in [-0.3, -0.25) is 9.59 Å². The van der Waals surface area contributed by atoms with E-state index in [0.29, 0.717) is 37.5 Å². The summed E-state index contributed by atoms with van der Waals surface area (Å²) in [5.41, 5.74) is 0.775. The van der Waals surface area contributed by atoms with E-state index in [0.717, 1.165) is 25.2 Å². The van der Waals surface area contributed by atoms with Crippen molar-refractivity contribution >= 4 is 11.8 Å². The van der Waals surface area contributed by atoms with Crippen LogP contribution in [0.4, 0.5) is 0 Å². The summed E-state index contributed by atoms with van der Waals surface area (Å²) in [5.74, 6) is -1.37. The Morgan fingerprint density at radius 2 is 1.54 bits per heavy atom. The van der Waals surface area contributed by atoms with E-state index in [1.807, 2.05) is 40.7 Å². The number of methoxy groups -OCH3 is 1. The summed E-state index contributed by atoms with van der Waals surface area (Å²) in [6.07, 6.45) is -1.12. The molecule has 0 spiro atoms. The minimum atomic E-state index is -1.22. The van der Waals surface area contributed by atoms with Gasteiger partial charge in [0.1, 0.15) is 18.3 Å². The van der Waals surface area contributed by atoms with Gasteiger partial charge in [0.15, 0.2) is 18.4 Å². The molecule has 0 radical (unpaired) electrons. The Labute approximate surface area is 353 Å². The molecule has 0 saturated carbocycles. The first-order chi connectivity index (χ1) is 27.8. The Morgan fingerprint density at radius 1 is 0.864 bits per heavy atom. The van der Waals surface area contributed by atoms with E-state index in [4.69, 9.17) is 28.4 Å². The molecule has 14 heteroatoms. The largest absolute Gasteiger partial charge is 0.462 e. The summed E-state index contributed by atoms with van der Waals surface area (Å²) in [6.45, 7) is 18.4. The van der Waals surface area contributed by atoms with Gasteiger partial charge in [0, 0.05) is 44.4 Å². The highest BCUT2D eigenvalue weighted by Crippen LogP contribution is 2.36. The van der Waals surface area contributed by atoms with Gasteiger partial charge in [-0.25, -0.2) is 0 Å². The van der Waals surface area contributed by atoms with Gasteiger partial charge in [0.25, 0.3) is 0 Å². The van der Waals surface area contributed by atoms with Crippen LogP contribution in [0.2, 0.25) is 0 Å². The molecule has 4 N–H and O–H groups in total. The predicted molar refractivity (Wildman–Crippen MR) is 223 cm³/mol. The lowest BCUT2D eigenvalue weighted by Crippen LogP contribution is -2.63. The monoisotopic (exact) mass is 839 g/mol. The van der Waals surface area contributed by atoms with Crippen molar-refractivity contribution in [1.82, 2.24) is 9.80 Å². The second-order valence-electron chi connectivity index (χ2n) is 18.7. The number of esters is 1. The van der Waals surface area contributed by atoms with Crippen LogP contribution in [0.1, 0.15) is 93.9 Å². The molecule has 4 heterocycles. The van der Waals surface area contributed by atoms with Crippen molar-refractivity contribution < 1.29 is 58.4 Å². The smallest absolute Gasteiger partial charge is 0.308 e. The van der Waals surface area contributed by atoms with Crippen molar-refractivity contribution in [2.24, 2.45) is 35.5 Å². The van der Waals surface area contributed by atoms with E-state index < -0.39 is 91.2 Å². The molecule has 18 atom stereocenters. The van der Waals surface area contributed by atoms with E-state index in [1.54, 1.807) is 38.1 Å². The highest BCUT2D eigenvalue weighted by atomic mass is 16.7. The quantitative estimate of drug-likeness (QED) is 0.222. The fourth-order valence-corrected chi connectivity index (χ4v) is 9.79. The normalized spacial score (nSPS) is 44.2. The number of carbonyl (C=O) groups is 2. The summed E-state index contributed by atoms with van der Waals surface area (Å²) < 4.78 is 36.8. The number of carbonyl (C=O) groups excluding carboxylic acids is 2. The first-order valence-corrected chi connectivity index (χ1v) is 22.1. The molecule has 3 saturated heterocycles. The molecule has 0 bridgehead atoms. The Balaban J connectivity index is 1.68. The molecule has 0 aromatic heterocycles. The molecular weight excluding hydrogens is 760 g/mol. The summed E-state index contributed by atoms with van der Waals surface area (Å²) in [6, 6.07) is -0.678. The van der Waals surface area contributed by atoms with E-state index in [1.165, 1.54) is 13.5 Å². The van der Waals surface area contributed by atoms with Crippen LogP contribution < -0.4 is 0 Å². The second-order valence-corrected chi connectivity index (χ2v) is 18.7. The Hall–Kier alpha value is -1.82. The molecule has 4 rings (SSSR count). The number of cyclic esters (lactones) is 1. The number of likely N-dealkylation sites (tertiary alicyclic amines) is 1. The van der Waals surface area contributed by atoms with E-state index in [9.17, 15) is 30.0 Å². The predicted octanol–water partition coefficient (Wildman–Crippen LogP) is 3.72. The average Bonchev–Trinajstić information content (AvgIpc) is 3.15. The van der Waals surface area contributed by atoms with Gasteiger partial charge < -0.3 is 58.6 Å². The maximum atomic E-state index is 13.9.